The van der Waals surface area contributed by atoms with Gasteiger partial charge in [0.1, 0.15) is 10.6 Å². The first-order chi connectivity index (χ1) is 15.8. The fourth-order valence-electron chi connectivity index (χ4n) is 3.83. The molecule has 1 saturated heterocycles. The highest BCUT2D eigenvalue weighted by Gasteiger charge is 2.26. The third-order valence-corrected chi connectivity index (χ3v) is 7.24. The van der Waals surface area contributed by atoms with E-state index in [-0.39, 0.29) is 40.0 Å². The second-order valence-corrected chi connectivity index (χ2v) is 9.76. The molecule has 0 bridgehead atoms. The van der Waals surface area contributed by atoms with Crippen LogP contribution in [0.1, 0.15) is 34.5 Å². The minimum Gasteiger partial charge on any atom is -0.459 e. The number of carbonyl (C=O) groups is 1. The van der Waals surface area contributed by atoms with Crippen LogP contribution in [0.2, 0.25) is 5.02 Å². The smallest absolute Gasteiger partial charge is 0.340 e. The van der Waals surface area contributed by atoms with E-state index in [9.17, 15) is 13.2 Å². The van der Waals surface area contributed by atoms with E-state index in [2.05, 4.69) is 0 Å². The number of hydrogen-bond acceptors (Lipinski definition) is 6. The Balaban J connectivity index is 1.55. The summed E-state index contributed by atoms with van der Waals surface area (Å²) in [4.78, 5) is 14.6. The molecule has 0 saturated carbocycles. The number of hydrogen-bond donors (Lipinski definition) is 0. The van der Waals surface area contributed by atoms with Crippen LogP contribution in [0.15, 0.2) is 70.2 Å². The van der Waals surface area contributed by atoms with E-state index in [1.54, 1.807) is 60.4 Å². The topological polar surface area (TPSA) is 86.0 Å². The van der Waals surface area contributed by atoms with Gasteiger partial charge in [-0.05, 0) is 61.2 Å². The van der Waals surface area contributed by atoms with Crippen molar-refractivity contribution in [3.63, 3.8) is 0 Å². The molecule has 1 amide bonds. The minimum absolute atomic E-state index is 0.0491. The van der Waals surface area contributed by atoms with E-state index in [1.807, 2.05) is 0 Å². The number of furan rings is 1. The van der Waals surface area contributed by atoms with Gasteiger partial charge in [0.05, 0.1) is 17.4 Å². The van der Waals surface area contributed by atoms with Crippen molar-refractivity contribution in [2.45, 2.75) is 37.3 Å². The first-order valence-electron chi connectivity index (χ1n) is 10.6. The number of aryl methyl sites for hydroxylation is 1. The van der Waals surface area contributed by atoms with Crippen LogP contribution in [-0.4, -0.2) is 38.5 Å². The third-order valence-electron chi connectivity index (χ3n) is 5.36. The third kappa shape index (κ3) is 5.58. The van der Waals surface area contributed by atoms with E-state index in [4.69, 9.17) is 24.9 Å². The summed E-state index contributed by atoms with van der Waals surface area (Å²) in [7, 11) is -4.14. The van der Waals surface area contributed by atoms with Gasteiger partial charge in [-0.1, -0.05) is 35.9 Å². The average molecular weight is 490 g/mol. The van der Waals surface area contributed by atoms with E-state index in [1.165, 1.54) is 12.3 Å². The molecule has 0 unspecified atom stereocenters. The zero-order valence-electron chi connectivity index (χ0n) is 18.1. The molecule has 1 aliphatic heterocycles. The number of benzene rings is 2. The highest BCUT2D eigenvalue weighted by atomic mass is 35.5. The number of carbonyl (C=O) groups excluding carboxylic acids is 1. The summed E-state index contributed by atoms with van der Waals surface area (Å²) < 4.78 is 42.1. The maximum absolute atomic E-state index is 13.0. The molecule has 1 aliphatic rings. The predicted octanol–water partition coefficient (Wildman–Crippen LogP) is 4.83. The molecule has 9 heteroatoms. The van der Waals surface area contributed by atoms with Crippen molar-refractivity contribution in [1.82, 2.24) is 4.90 Å². The number of ether oxygens (including phenoxy) is 1. The molecule has 1 fully saturated rings. The fraction of sp³-hybridized carbons (Fsp3) is 0.292. The van der Waals surface area contributed by atoms with Gasteiger partial charge in [-0.25, -0.2) is 0 Å². The molecule has 0 aliphatic carbocycles. The molecule has 1 aromatic heterocycles. The maximum Gasteiger partial charge on any atom is 0.340 e. The minimum atomic E-state index is -4.14. The average Bonchev–Trinajstić information content (AvgIpc) is 3.47. The van der Waals surface area contributed by atoms with Gasteiger partial charge < -0.3 is 18.2 Å². The molecular formula is C24H24ClNO6S. The number of amides is 1. The molecular weight excluding hydrogens is 466 g/mol. The van der Waals surface area contributed by atoms with Crippen molar-refractivity contribution in [3.8, 4) is 5.75 Å². The molecule has 2 heterocycles. The molecule has 4 rings (SSSR count). The Morgan fingerprint density at radius 1 is 1.18 bits per heavy atom. The van der Waals surface area contributed by atoms with Gasteiger partial charge in [0, 0.05) is 19.7 Å². The first kappa shape index (κ1) is 23.4. The van der Waals surface area contributed by atoms with Crippen molar-refractivity contribution < 1.29 is 26.5 Å². The summed E-state index contributed by atoms with van der Waals surface area (Å²) in [5.74, 6) is 0.104. The van der Waals surface area contributed by atoms with Crippen LogP contribution in [-0.2, 0) is 21.4 Å². The highest BCUT2D eigenvalue weighted by Crippen LogP contribution is 2.28. The molecule has 2 aromatic carbocycles. The summed E-state index contributed by atoms with van der Waals surface area (Å²) in [6.07, 6.45) is 3.23. The Kier molecular flexibility index (Phi) is 7.07. The van der Waals surface area contributed by atoms with Crippen molar-refractivity contribution >= 4 is 27.6 Å². The quantitative estimate of drug-likeness (QED) is 0.421. The molecule has 7 nitrogen and oxygen atoms in total. The van der Waals surface area contributed by atoms with E-state index in [0.717, 1.165) is 12.8 Å². The van der Waals surface area contributed by atoms with Crippen molar-refractivity contribution in [1.29, 1.82) is 0 Å². The molecule has 0 radical (unpaired) electrons. The summed E-state index contributed by atoms with van der Waals surface area (Å²) in [5.41, 5.74) is 1.20. The van der Waals surface area contributed by atoms with E-state index >= 15 is 0 Å². The Morgan fingerprint density at radius 2 is 2.00 bits per heavy atom. The van der Waals surface area contributed by atoms with Crippen LogP contribution in [0.25, 0.3) is 0 Å². The van der Waals surface area contributed by atoms with E-state index in [0.29, 0.717) is 24.3 Å². The Labute approximate surface area is 198 Å². The maximum atomic E-state index is 13.0. The van der Waals surface area contributed by atoms with Crippen molar-refractivity contribution in [3.05, 3.63) is 82.8 Å². The SMILES string of the molecule is Cc1cccc(Cl)c1S(=O)(=O)Oc1cccc(CN(C[C@H]2CCCO2)C(=O)c2ccco2)c1. The molecule has 1 atom stereocenters. The van der Waals surface area contributed by atoms with Crippen molar-refractivity contribution in [2.75, 3.05) is 13.2 Å². The molecule has 3 aromatic rings. The summed E-state index contributed by atoms with van der Waals surface area (Å²) in [6.45, 7) is 2.97. The van der Waals surface area contributed by atoms with E-state index < -0.39 is 10.1 Å². The zero-order valence-corrected chi connectivity index (χ0v) is 19.6. The van der Waals surface area contributed by atoms with Gasteiger partial charge in [0.25, 0.3) is 5.91 Å². The highest BCUT2D eigenvalue weighted by molar-refractivity contribution is 7.87. The van der Waals surface area contributed by atoms with Gasteiger partial charge in [-0.2, -0.15) is 8.42 Å². The standard InChI is InChI=1S/C24H24ClNO6S/c1-17-6-2-10-21(25)23(17)33(28,29)32-19-8-3-7-18(14-19)15-26(16-20-9-4-12-30-20)24(27)22-11-5-13-31-22/h2-3,5-8,10-11,13-14,20H,4,9,12,15-16H2,1H3/t20-/m1/s1. The van der Waals surface area contributed by atoms with Crippen LogP contribution in [0.5, 0.6) is 5.75 Å². The summed E-state index contributed by atoms with van der Waals surface area (Å²) >= 11 is 6.12. The van der Waals surface area contributed by atoms with Crippen LogP contribution in [0.3, 0.4) is 0 Å². The molecule has 33 heavy (non-hydrogen) atoms. The Hall–Kier alpha value is -2.81. The van der Waals surface area contributed by atoms with Crippen LogP contribution >= 0.6 is 11.6 Å². The lowest BCUT2D eigenvalue weighted by Crippen LogP contribution is -2.36. The van der Waals surface area contributed by atoms with Gasteiger partial charge in [0.15, 0.2) is 5.76 Å². The van der Waals surface area contributed by atoms with Crippen molar-refractivity contribution in [2.24, 2.45) is 0 Å². The largest absolute Gasteiger partial charge is 0.459 e. The monoisotopic (exact) mass is 489 g/mol. The number of rotatable bonds is 8. The number of nitrogens with zero attached hydrogens (tertiary/aromatic N) is 1. The van der Waals surface area contributed by atoms with Gasteiger partial charge >= 0.3 is 10.1 Å². The fourth-order valence-corrected chi connectivity index (χ4v) is 5.54. The summed E-state index contributed by atoms with van der Waals surface area (Å²) in [5, 5.41) is 0.0953. The first-order valence-corrected chi connectivity index (χ1v) is 12.3. The normalized spacial score (nSPS) is 16.0. The van der Waals surface area contributed by atoms with Crippen LogP contribution < -0.4 is 4.18 Å². The second kappa shape index (κ2) is 9.99. The predicted molar refractivity (Wildman–Crippen MR) is 123 cm³/mol. The summed E-state index contributed by atoms with van der Waals surface area (Å²) in [6, 6.07) is 14.7. The van der Waals surface area contributed by atoms with Crippen LogP contribution in [0, 0.1) is 6.92 Å². The molecule has 0 N–H and O–H groups in total. The lowest BCUT2D eigenvalue weighted by atomic mass is 10.1. The zero-order chi connectivity index (χ0) is 23.4. The lowest BCUT2D eigenvalue weighted by molar-refractivity contribution is 0.0484. The second-order valence-electron chi connectivity index (χ2n) is 7.87. The Bertz CT molecular complexity index is 1200. The van der Waals surface area contributed by atoms with Gasteiger partial charge in [-0.15, -0.1) is 0 Å². The number of halogens is 1. The Morgan fingerprint density at radius 3 is 2.70 bits per heavy atom. The lowest BCUT2D eigenvalue weighted by Gasteiger charge is -2.25. The van der Waals surface area contributed by atoms with Crippen LogP contribution in [0.4, 0.5) is 0 Å². The van der Waals surface area contributed by atoms with Gasteiger partial charge in [-0.3, -0.25) is 4.79 Å². The van der Waals surface area contributed by atoms with Gasteiger partial charge in [0.2, 0.25) is 0 Å². The molecule has 0 spiro atoms. The molecule has 174 valence electrons.